The predicted molar refractivity (Wildman–Crippen MR) is 128 cm³/mol. The van der Waals surface area contributed by atoms with Gasteiger partial charge in [-0.3, -0.25) is 9.59 Å². The van der Waals surface area contributed by atoms with Crippen LogP contribution in [0.1, 0.15) is 46.4 Å². The molecule has 0 saturated carbocycles. The van der Waals surface area contributed by atoms with Gasteiger partial charge in [0, 0.05) is 22.6 Å². The summed E-state index contributed by atoms with van der Waals surface area (Å²) in [6.07, 6.45) is 0. The molecular formula is C23H23BrN4O4S. The Bertz CT molecular complexity index is 1180. The number of rotatable bonds is 8. The number of thioether (sulfide) groups is 1. The van der Waals surface area contributed by atoms with E-state index < -0.39 is 0 Å². The van der Waals surface area contributed by atoms with E-state index in [1.807, 2.05) is 37.6 Å². The number of hydrogen-bond acceptors (Lipinski definition) is 7. The van der Waals surface area contributed by atoms with E-state index in [0.717, 1.165) is 4.47 Å². The zero-order chi connectivity index (χ0) is 23.5. The summed E-state index contributed by atoms with van der Waals surface area (Å²) in [5, 5.41) is 12.2. The Morgan fingerprint density at radius 2 is 1.79 bits per heavy atom. The normalized spacial score (nSPS) is 13.2. The summed E-state index contributed by atoms with van der Waals surface area (Å²) < 4.78 is 13.4. The van der Waals surface area contributed by atoms with Crippen molar-refractivity contribution in [3.05, 3.63) is 63.9 Å². The number of amides is 1. The molecule has 0 fully saturated rings. The maximum atomic E-state index is 12.9. The first-order chi connectivity index (χ1) is 15.8. The lowest BCUT2D eigenvalue weighted by Crippen LogP contribution is -2.33. The van der Waals surface area contributed by atoms with Gasteiger partial charge in [-0.15, -0.1) is 10.2 Å². The summed E-state index contributed by atoms with van der Waals surface area (Å²) in [7, 11) is 1.84. The van der Waals surface area contributed by atoms with Crippen LogP contribution in [0.2, 0.25) is 0 Å². The molecule has 0 radical (unpaired) electrons. The molecule has 1 unspecified atom stereocenters. The van der Waals surface area contributed by atoms with Gasteiger partial charge in [0.2, 0.25) is 6.79 Å². The Morgan fingerprint density at radius 1 is 1.09 bits per heavy atom. The minimum atomic E-state index is -0.364. The lowest BCUT2D eigenvalue weighted by molar-refractivity contribution is 0.0921. The van der Waals surface area contributed by atoms with Crippen molar-refractivity contribution in [1.29, 1.82) is 0 Å². The molecule has 10 heteroatoms. The second kappa shape index (κ2) is 9.96. The average Bonchev–Trinajstić information content (AvgIpc) is 3.41. The van der Waals surface area contributed by atoms with Gasteiger partial charge in [0.25, 0.3) is 5.91 Å². The molecule has 0 saturated heterocycles. The summed E-state index contributed by atoms with van der Waals surface area (Å²) in [4.78, 5) is 25.4. The van der Waals surface area contributed by atoms with Crippen LogP contribution < -0.4 is 14.8 Å². The van der Waals surface area contributed by atoms with E-state index in [4.69, 9.17) is 9.47 Å². The zero-order valence-corrected chi connectivity index (χ0v) is 20.8. The second-order valence-electron chi connectivity index (χ2n) is 7.88. The molecule has 33 heavy (non-hydrogen) atoms. The topological polar surface area (TPSA) is 95.3 Å². The number of ketones is 1. The van der Waals surface area contributed by atoms with Crippen molar-refractivity contribution in [2.75, 3.05) is 12.5 Å². The number of ether oxygens (including phenoxy) is 2. The van der Waals surface area contributed by atoms with Crippen molar-refractivity contribution in [3.8, 4) is 11.5 Å². The fraction of sp³-hybridized carbons (Fsp3) is 0.304. The summed E-state index contributed by atoms with van der Waals surface area (Å²) in [5.41, 5.74) is 1.12. The third-order valence-corrected chi connectivity index (χ3v) is 6.78. The highest BCUT2D eigenvalue weighted by Gasteiger charge is 2.26. The van der Waals surface area contributed by atoms with Crippen molar-refractivity contribution in [3.63, 3.8) is 0 Å². The van der Waals surface area contributed by atoms with Gasteiger partial charge < -0.3 is 19.4 Å². The minimum Gasteiger partial charge on any atom is -0.454 e. The maximum absolute atomic E-state index is 12.9. The molecule has 0 aliphatic carbocycles. The summed E-state index contributed by atoms with van der Waals surface area (Å²) in [6.45, 7) is 4.16. The van der Waals surface area contributed by atoms with Crippen LogP contribution in [0.15, 0.2) is 52.1 Å². The van der Waals surface area contributed by atoms with Crippen LogP contribution in [0.3, 0.4) is 0 Å². The molecule has 0 bridgehead atoms. The van der Waals surface area contributed by atoms with Gasteiger partial charge >= 0.3 is 0 Å². The van der Waals surface area contributed by atoms with Crippen LogP contribution in [0.5, 0.6) is 11.5 Å². The van der Waals surface area contributed by atoms with Crippen molar-refractivity contribution in [2.24, 2.45) is 13.0 Å². The monoisotopic (exact) mass is 530 g/mol. The van der Waals surface area contributed by atoms with Gasteiger partial charge in [0.1, 0.15) is 0 Å². The lowest BCUT2D eigenvalue weighted by atomic mass is 10.0. The summed E-state index contributed by atoms with van der Waals surface area (Å²) in [5.74, 6) is 1.87. The molecule has 1 atom stereocenters. The van der Waals surface area contributed by atoms with E-state index in [1.165, 1.54) is 11.8 Å². The zero-order valence-electron chi connectivity index (χ0n) is 18.4. The van der Waals surface area contributed by atoms with E-state index in [0.29, 0.717) is 33.6 Å². The maximum Gasteiger partial charge on any atom is 0.252 e. The molecule has 2 heterocycles. The molecule has 3 aromatic rings. The summed E-state index contributed by atoms with van der Waals surface area (Å²) >= 11 is 4.69. The van der Waals surface area contributed by atoms with Crippen LogP contribution in [0.25, 0.3) is 0 Å². The molecule has 1 aliphatic heterocycles. The molecule has 1 aliphatic rings. The Labute approximate surface area is 204 Å². The fourth-order valence-corrected chi connectivity index (χ4v) is 4.44. The SMILES string of the molecule is CC(C)C(NC(=O)c1ccc2c(c1)OCO2)c1nnc(SCC(=O)c2ccc(Br)cc2)n1C. The Morgan fingerprint density at radius 3 is 2.52 bits per heavy atom. The first-order valence-electron chi connectivity index (χ1n) is 10.3. The molecule has 172 valence electrons. The highest BCUT2D eigenvalue weighted by atomic mass is 79.9. The van der Waals surface area contributed by atoms with E-state index >= 15 is 0 Å². The number of aromatic nitrogens is 3. The molecule has 1 amide bonds. The number of Topliss-reactive ketones (excluding diaryl/α,β-unsaturated/α-hetero) is 1. The van der Waals surface area contributed by atoms with Crippen molar-refractivity contribution >= 4 is 39.4 Å². The number of hydrogen-bond donors (Lipinski definition) is 1. The average molecular weight is 531 g/mol. The van der Waals surface area contributed by atoms with E-state index in [9.17, 15) is 9.59 Å². The first kappa shape index (κ1) is 23.3. The third kappa shape index (κ3) is 5.22. The second-order valence-corrected chi connectivity index (χ2v) is 9.74. The van der Waals surface area contributed by atoms with Crippen LogP contribution in [-0.2, 0) is 7.05 Å². The van der Waals surface area contributed by atoms with Gasteiger partial charge in [-0.25, -0.2) is 0 Å². The number of nitrogens with zero attached hydrogens (tertiary/aromatic N) is 3. The Hall–Kier alpha value is -2.85. The van der Waals surface area contributed by atoms with E-state index in [2.05, 4.69) is 31.4 Å². The van der Waals surface area contributed by atoms with Gasteiger partial charge in [-0.2, -0.15) is 0 Å². The number of fused-ring (bicyclic) bond motifs is 1. The first-order valence-corrected chi connectivity index (χ1v) is 12.1. The molecule has 8 nitrogen and oxygen atoms in total. The third-order valence-electron chi connectivity index (χ3n) is 5.23. The molecule has 0 spiro atoms. The quantitative estimate of drug-likeness (QED) is 0.340. The minimum absolute atomic E-state index is 0.00794. The highest BCUT2D eigenvalue weighted by molar-refractivity contribution is 9.10. The van der Waals surface area contributed by atoms with Crippen molar-refractivity contribution in [1.82, 2.24) is 20.1 Å². The molecule has 1 aromatic heterocycles. The summed E-state index contributed by atoms with van der Waals surface area (Å²) in [6, 6.07) is 12.0. The van der Waals surface area contributed by atoms with Gasteiger partial charge in [0.05, 0.1) is 11.8 Å². The number of benzene rings is 2. The number of nitrogens with one attached hydrogen (secondary N) is 1. The van der Waals surface area contributed by atoms with Crippen LogP contribution in [0.4, 0.5) is 0 Å². The standard InChI is InChI=1S/C23H23BrN4O4S/c1-13(2)20(25-22(30)15-6-9-18-19(10-15)32-12-31-18)21-26-27-23(28(21)3)33-11-17(29)14-4-7-16(24)8-5-14/h4-10,13,20H,11-12H2,1-3H3,(H,25,30). The van der Waals surface area contributed by atoms with Gasteiger partial charge in [0.15, 0.2) is 28.3 Å². The van der Waals surface area contributed by atoms with Crippen LogP contribution in [0, 0.1) is 5.92 Å². The molecule has 1 N–H and O–H groups in total. The number of carbonyl (C=O) groups is 2. The smallest absolute Gasteiger partial charge is 0.252 e. The Balaban J connectivity index is 1.45. The predicted octanol–water partition coefficient (Wildman–Crippen LogP) is 4.41. The highest BCUT2D eigenvalue weighted by Crippen LogP contribution is 2.33. The number of halogens is 1. The van der Waals surface area contributed by atoms with Crippen LogP contribution in [-0.4, -0.2) is 39.0 Å². The van der Waals surface area contributed by atoms with Gasteiger partial charge in [-0.1, -0.05) is 53.7 Å². The van der Waals surface area contributed by atoms with E-state index in [-0.39, 0.29) is 36.2 Å². The lowest BCUT2D eigenvalue weighted by Gasteiger charge is -2.21. The van der Waals surface area contributed by atoms with Crippen molar-refractivity contribution in [2.45, 2.75) is 25.0 Å². The van der Waals surface area contributed by atoms with Crippen molar-refractivity contribution < 1.29 is 19.1 Å². The number of carbonyl (C=O) groups excluding carboxylic acids is 2. The Kier molecular flexibility index (Phi) is 7.04. The molecule has 2 aromatic carbocycles. The van der Waals surface area contributed by atoms with Crippen LogP contribution >= 0.6 is 27.7 Å². The fourth-order valence-electron chi connectivity index (χ4n) is 3.36. The van der Waals surface area contributed by atoms with E-state index in [1.54, 1.807) is 30.3 Å². The molecule has 4 rings (SSSR count). The van der Waals surface area contributed by atoms with Gasteiger partial charge in [-0.05, 0) is 36.2 Å². The molecular weight excluding hydrogens is 508 g/mol. The largest absolute Gasteiger partial charge is 0.454 e.